The van der Waals surface area contributed by atoms with E-state index < -0.39 is 23.5 Å². The summed E-state index contributed by atoms with van der Waals surface area (Å²) in [5.41, 5.74) is 0.590. The van der Waals surface area contributed by atoms with Gasteiger partial charge in [-0.15, -0.1) is 0 Å². The number of methoxy groups -OCH3 is 1. The van der Waals surface area contributed by atoms with Crippen molar-refractivity contribution in [3.05, 3.63) is 87.3 Å². The average molecular weight is 502 g/mol. The number of furan rings is 1. The molecule has 1 unspecified atom stereocenters. The Bertz CT molecular complexity index is 1250. The molecule has 7 nitrogen and oxygen atoms in total. The lowest BCUT2D eigenvalue weighted by atomic mass is 9.95. The van der Waals surface area contributed by atoms with Gasteiger partial charge in [0, 0.05) is 5.02 Å². The van der Waals surface area contributed by atoms with E-state index >= 15 is 0 Å². The minimum atomic E-state index is -0.900. The third kappa shape index (κ3) is 4.36. The molecule has 2 heterocycles. The van der Waals surface area contributed by atoms with Crippen LogP contribution in [0.4, 0.5) is 0 Å². The molecule has 0 saturated carbocycles. The minimum absolute atomic E-state index is 0.0274. The molecule has 1 saturated heterocycles. The molecule has 2 aromatic carbocycles. The van der Waals surface area contributed by atoms with Gasteiger partial charge < -0.3 is 23.9 Å². The fraction of sp³-hybridized carbons (Fsp3) is 0.200. The van der Waals surface area contributed by atoms with E-state index in [0.29, 0.717) is 23.7 Å². The Hall–Kier alpha value is -3.42. The summed E-state index contributed by atoms with van der Waals surface area (Å²) in [7, 11) is 1.38. The average Bonchev–Trinajstić information content (AvgIpc) is 3.41. The molecule has 1 aliphatic heterocycles. The van der Waals surface area contributed by atoms with Crippen LogP contribution in [0.3, 0.4) is 0 Å². The van der Waals surface area contributed by atoms with Gasteiger partial charge in [0.15, 0.2) is 0 Å². The van der Waals surface area contributed by atoms with Gasteiger partial charge in [0.1, 0.15) is 23.0 Å². The van der Waals surface area contributed by atoms with Crippen molar-refractivity contribution < 1.29 is 28.6 Å². The van der Waals surface area contributed by atoms with Crippen molar-refractivity contribution in [3.8, 4) is 11.5 Å². The lowest BCUT2D eigenvalue weighted by molar-refractivity contribution is -0.140. The third-order valence-corrected chi connectivity index (χ3v) is 5.92. The molecule has 176 valence electrons. The first-order chi connectivity index (χ1) is 16.3. The van der Waals surface area contributed by atoms with Gasteiger partial charge in [-0.3, -0.25) is 9.59 Å². The van der Waals surface area contributed by atoms with Crippen LogP contribution in [-0.2, 0) is 16.1 Å². The van der Waals surface area contributed by atoms with E-state index in [0.717, 1.165) is 0 Å². The van der Waals surface area contributed by atoms with Crippen molar-refractivity contribution in [1.29, 1.82) is 0 Å². The summed E-state index contributed by atoms with van der Waals surface area (Å²) in [6.45, 7) is 2.39. The van der Waals surface area contributed by atoms with Gasteiger partial charge in [0.2, 0.25) is 0 Å². The van der Waals surface area contributed by atoms with Crippen molar-refractivity contribution >= 4 is 40.7 Å². The Labute approximate surface area is 206 Å². The normalized spacial score (nSPS) is 17.3. The number of amides is 1. The van der Waals surface area contributed by atoms with Crippen LogP contribution in [0.2, 0.25) is 10.0 Å². The van der Waals surface area contributed by atoms with Gasteiger partial charge in [-0.1, -0.05) is 35.3 Å². The first-order valence-electron chi connectivity index (χ1n) is 10.4. The molecule has 1 atom stereocenters. The Balaban J connectivity index is 1.90. The van der Waals surface area contributed by atoms with E-state index in [1.165, 1.54) is 30.4 Å². The fourth-order valence-corrected chi connectivity index (χ4v) is 4.53. The number of halogens is 2. The molecular weight excluding hydrogens is 481 g/mol. The standard InChI is InChI=1S/C25H21Cl2NO6/c1-3-33-16-8-6-14(7-9-16)21-20(22(29)18-11-15(26)12-19(27)24(18)32-2)23(30)25(31)28(21)13-17-5-4-10-34-17/h4-12,21,29H,3,13H2,1-2H3/b22-20+. The van der Waals surface area contributed by atoms with Gasteiger partial charge >= 0.3 is 0 Å². The van der Waals surface area contributed by atoms with Crippen LogP contribution in [-0.4, -0.2) is 35.4 Å². The fourth-order valence-electron chi connectivity index (χ4n) is 3.96. The number of Topliss-reactive ketones (excluding diaryl/α,β-unsaturated/α-hetero) is 1. The van der Waals surface area contributed by atoms with Gasteiger partial charge in [0.05, 0.1) is 48.7 Å². The monoisotopic (exact) mass is 501 g/mol. The van der Waals surface area contributed by atoms with Gasteiger partial charge in [-0.25, -0.2) is 0 Å². The SMILES string of the molecule is CCOc1ccc(C2/C(=C(\O)c3cc(Cl)cc(Cl)c3OC)C(=O)C(=O)N2Cc2ccco2)cc1. The Morgan fingerprint density at radius 3 is 2.50 bits per heavy atom. The number of ether oxygens (including phenoxy) is 2. The predicted octanol–water partition coefficient (Wildman–Crippen LogP) is 5.62. The van der Waals surface area contributed by atoms with E-state index in [9.17, 15) is 14.7 Å². The zero-order valence-corrected chi connectivity index (χ0v) is 19.9. The number of carbonyl (C=O) groups is 2. The summed E-state index contributed by atoms with van der Waals surface area (Å²) < 4.78 is 16.3. The molecule has 0 spiro atoms. The number of nitrogens with zero attached hydrogens (tertiary/aromatic N) is 1. The lowest BCUT2D eigenvalue weighted by Crippen LogP contribution is -2.29. The molecule has 0 aliphatic carbocycles. The molecule has 9 heteroatoms. The second-order valence-corrected chi connectivity index (χ2v) is 8.32. The maximum atomic E-state index is 13.2. The number of hydrogen-bond acceptors (Lipinski definition) is 6. The highest BCUT2D eigenvalue weighted by molar-refractivity contribution is 6.46. The van der Waals surface area contributed by atoms with Crippen molar-refractivity contribution in [2.24, 2.45) is 0 Å². The number of rotatable bonds is 7. The zero-order valence-electron chi connectivity index (χ0n) is 18.4. The van der Waals surface area contributed by atoms with Gasteiger partial charge in [-0.05, 0) is 48.9 Å². The topological polar surface area (TPSA) is 89.2 Å². The van der Waals surface area contributed by atoms with Crippen molar-refractivity contribution in [1.82, 2.24) is 4.90 Å². The van der Waals surface area contributed by atoms with E-state index in [1.807, 2.05) is 6.92 Å². The van der Waals surface area contributed by atoms with Crippen LogP contribution in [0, 0.1) is 0 Å². The van der Waals surface area contributed by atoms with E-state index in [2.05, 4.69) is 0 Å². The predicted molar refractivity (Wildman–Crippen MR) is 127 cm³/mol. The highest BCUT2D eigenvalue weighted by Crippen LogP contribution is 2.44. The quantitative estimate of drug-likeness (QED) is 0.257. The molecule has 4 rings (SSSR count). The number of aliphatic hydroxyl groups is 1. The summed E-state index contributed by atoms with van der Waals surface area (Å²) in [5, 5.41) is 11.7. The zero-order chi connectivity index (χ0) is 24.4. The second-order valence-electron chi connectivity index (χ2n) is 7.48. The summed E-state index contributed by atoms with van der Waals surface area (Å²) in [5.74, 6) is -0.810. The maximum Gasteiger partial charge on any atom is 0.296 e. The number of hydrogen-bond donors (Lipinski definition) is 1. The second kappa shape index (κ2) is 9.83. The van der Waals surface area contributed by atoms with E-state index in [4.69, 9.17) is 37.1 Å². The molecule has 1 aromatic heterocycles. The van der Waals surface area contributed by atoms with Crippen LogP contribution in [0.15, 0.2) is 64.8 Å². The van der Waals surface area contributed by atoms with E-state index in [-0.39, 0.29) is 33.5 Å². The highest BCUT2D eigenvalue weighted by Gasteiger charge is 2.46. The van der Waals surface area contributed by atoms with Crippen LogP contribution in [0.25, 0.3) is 5.76 Å². The summed E-state index contributed by atoms with van der Waals surface area (Å²) in [6.07, 6.45) is 1.48. The number of ketones is 1. The van der Waals surface area contributed by atoms with Crippen LogP contribution in [0.1, 0.15) is 29.9 Å². The first-order valence-corrected chi connectivity index (χ1v) is 11.2. The van der Waals surface area contributed by atoms with Gasteiger partial charge in [-0.2, -0.15) is 0 Å². The molecule has 1 N–H and O–H groups in total. The number of likely N-dealkylation sites (tertiary alicyclic amines) is 1. The summed E-state index contributed by atoms with van der Waals surface area (Å²) in [4.78, 5) is 27.7. The van der Waals surface area contributed by atoms with Gasteiger partial charge in [0.25, 0.3) is 11.7 Å². The Morgan fingerprint density at radius 1 is 1.15 bits per heavy atom. The van der Waals surface area contributed by atoms with Crippen molar-refractivity contribution in [2.75, 3.05) is 13.7 Å². The maximum absolute atomic E-state index is 13.2. The molecule has 1 amide bonds. The number of aliphatic hydroxyl groups excluding tert-OH is 1. The highest BCUT2D eigenvalue weighted by atomic mass is 35.5. The van der Waals surface area contributed by atoms with Crippen LogP contribution in [0.5, 0.6) is 11.5 Å². The van der Waals surface area contributed by atoms with Crippen LogP contribution >= 0.6 is 23.2 Å². The third-order valence-electron chi connectivity index (χ3n) is 5.42. The minimum Gasteiger partial charge on any atom is -0.507 e. The number of benzene rings is 2. The number of carbonyl (C=O) groups excluding carboxylic acids is 2. The summed E-state index contributed by atoms with van der Waals surface area (Å²) >= 11 is 12.4. The van der Waals surface area contributed by atoms with E-state index in [1.54, 1.807) is 36.4 Å². The Morgan fingerprint density at radius 2 is 1.88 bits per heavy atom. The first kappa shape index (κ1) is 23.7. The Kier molecular flexibility index (Phi) is 6.86. The molecule has 0 bridgehead atoms. The molecule has 1 aliphatic rings. The van der Waals surface area contributed by atoms with Crippen molar-refractivity contribution in [2.45, 2.75) is 19.5 Å². The molecule has 34 heavy (non-hydrogen) atoms. The molecule has 0 radical (unpaired) electrons. The molecule has 3 aromatic rings. The van der Waals surface area contributed by atoms with Crippen LogP contribution < -0.4 is 9.47 Å². The smallest absolute Gasteiger partial charge is 0.296 e. The van der Waals surface area contributed by atoms with Crippen molar-refractivity contribution in [3.63, 3.8) is 0 Å². The molecular formula is C25H21Cl2NO6. The largest absolute Gasteiger partial charge is 0.507 e. The lowest BCUT2D eigenvalue weighted by Gasteiger charge is -2.25. The molecule has 1 fully saturated rings. The summed E-state index contributed by atoms with van der Waals surface area (Å²) in [6, 6.07) is 12.3.